The Morgan fingerprint density at radius 1 is 0.938 bits per heavy atom. The Hall–Kier alpha value is -3.51. The van der Waals surface area contributed by atoms with Crippen LogP contribution in [0.2, 0.25) is 0 Å². The molecule has 6 heteroatoms. The lowest BCUT2D eigenvalue weighted by Crippen LogP contribution is -2.26. The molecule has 0 bridgehead atoms. The van der Waals surface area contributed by atoms with E-state index in [1.165, 1.54) is 7.11 Å². The third-order valence-corrected chi connectivity index (χ3v) is 6.22. The largest absolute Gasteiger partial charge is 0.491 e. The zero-order valence-corrected chi connectivity index (χ0v) is 17.7. The van der Waals surface area contributed by atoms with Gasteiger partial charge < -0.3 is 24.1 Å². The van der Waals surface area contributed by atoms with E-state index in [-0.39, 0.29) is 37.8 Å². The van der Waals surface area contributed by atoms with E-state index in [0.717, 1.165) is 22.3 Å². The standard InChI is InChI=1S/C26H24O6/c1-29-26(28)25-23(16-10-11-21-22(14-16)32-15-31-21)17-6-2-3-7-18(17)24(25)19-8-4-5-9-20(19)30-13-12-27/h2-11,14,23-25,27H,12-13,15H2,1H3/t23-,24-,25-/m0/s1. The fourth-order valence-corrected chi connectivity index (χ4v) is 4.94. The molecule has 0 radical (unpaired) electrons. The first-order chi connectivity index (χ1) is 15.7. The summed E-state index contributed by atoms with van der Waals surface area (Å²) in [5, 5.41) is 9.27. The summed E-state index contributed by atoms with van der Waals surface area (Å²) in [6.07, 6.45) is 0. The summed E-state index contributed by atoms with van der Waals surface area (Å²) in [5.74, 6) is 0.782. The van der Waals surface area contributed by atoms with Gasteiger partial charge >= 0.3 is 5.97 Å². The molecule has 0 fully saturated rings. The fourth-order valence-electron chi connectivity index (χ4n) is 4.94. The molecule has 0 saturated carbocycles. The van der Waals surface area contributed by atoms with Crippen molar-refractivity contribution >= 4 is 5.97 Å². The molecule has 2 aliphatic rings. The zero-order valence-electron chi connectivity index (χ0n) is 17.7. The summed E-state index contributed by atoms with van der Waals surface area (Å²) in [5.41, 5.74) is 4.00. The second kappa shape index (κ2) is 8.55. The minimum atomic E-state index is -0.489. The number of para-hydroxylation sites is 1. The number of hydrogen-bond acceptors (Lipinski definition) is 6. The molecule has 5 rings (SSSR count). The Labute approximate surface area is 186 Å². The maximum absolute atomic E-state index is 13.3. The SMILES string of the molecule is COC(=O)[C@@H]1[C@H](c2ccccc2OCCO)c2ccccc2[C@@H]1c1ccc2c(c1)OCO2. The third-order valence-electron chi connectivity index (χ3n) is 6.22. The Morgan fingerprint density at radius 3 is 2.38 bits per heavy atom. The van der Waals surface area contributed by atoms with Crippen molar-refractivity contribution in [2.45, 2.75) is 11.8 Å². The van der Waals surface area contributed by atoms with Crippen molar-refractivity contribution < 1.29 is 28.8 Å². The maximum Gasteiger partial charge on any atom is 0.310 e. The molecule has 0 saturated heterocycles. The number of aliphatic hydroxyl groups excluding tert-OH is 1. The van der Waals surface area contributed by atoms with Gasteiger partial charge in [0, 0.05) is 17.4 Å². The predicted molar refractivity (Wildman–Crippen MR) is 117 cm³/mol. The molecule has 0 unspecified atom stereocenters. The van der Waals surface area contributed by atoms with Crippen molar-refractivity contribution in [2.24, 2.45) is 5.92 Å². The van der Waals surface area contributed by atoms with Gasteiger partial charge in [0.1, 0.15) is 12.4 Å². The van der Waals surface area contributed by atoms with Gasteiger partial charge in [0.15, 0.2) is 11.5 Å². The quantitative estimate of drug-likeness (QED) is 0.597. The number of carbonyl (C=O) groups is 1. The second-order valence-corrected chi connectivity index (χ2v) is 7.86. The zero-order chi connectivity index (χ0) is 22.1. The lowest BCUT2D eigenvalue weighted by Gasteiger charge is -2.25. The van der Waals surface area contributed by atoms with E-state index in [4.69, 9.17) is 18.9 Å². The summed E-state index contributed by atoms with van der Waals surface area (Å²) in [4.78, 5) is 13.3. The first-order valence-electron chi connectivity index (χ1n) is 10.6. The van der Waals surface area contributed by atoms with E-state index in [2.05, 4.69) is 12.1 Å². The molecule has 0 amide bonds. The number of carbonyl (C=O) groups excluding carboxylic acids is 1. The van der Waals surface area contributed by atoms with Crippen LogP contribution < -0.4 is 14.2 Å². The highest BCUT2D eigenvalue weighted by molar-refractivity contribution is 5.80. The summed E-state index contributed by atoms with van der Waals surface area (Å²) >= 11 is 0. The Bertz CT molecular complexity index is 1140. The van der Waals surface area contributed by atoms with E-state index < -0.39 is 5.92 Å². The van der Waals surface area contributed by atoms with Crippen molar-refractivity contribution in [1.82, 2.24) is 0 Å². The lowest BCUT2D eigenvalue weighted by molar-refractivity contribution is -0.146. The molecule has 3 atom stereocenters. The van der Waals surface area contributed by atoms with Gasteiger partial charge in [-0.2, -0.15) is 0 Å². The fraction of sp³-hybridized carbons (Fsp3) is 0.269. The topological polar surface area (TPSA) is 74.2 Å². The van der Waals surface area contributed by atoms with Crippen LogP contribution >= 0.6 is 0 Å². The Kier molecular flexibility index (Phi) is 5.45. The second-order valence-electron chi connectivity index (χ2n) is 7.86. The number of benzene rings is 3. The smallest absolute Gasteiger partial charge is 0.310 e. The van der Waals surface area contributed by atoms with Crippen LogP contribution in [0.4, 0.5) is 0 Å². The van der Waals surface area contributed by atoms with E-state index in [1.54, 1.807) is 0 Å². The van der Waals surface area contributed by atoms with Crippen LogP contribution in [0.15, 0.2) is 66.7 Å². The first kappa shape index (κ1) is 20.4. The molecular weight excluding hydrogens is 408 g/mol. The monoisotopic (exact) mass is 432 g/mol. The van der Waals surface area contributed by atoms with Gasteiger partial charge in [0.05, 0.1) is 19.6 Å². The van der Waals surface area contributed by atoms with Crippen molar-refractivity contribution in [3.63, 3.8) is 0 Å². The molecule has 1 N–H and O–H groups in total. The number of hydrogen-bond donors (Lipinski definition) is 1. The minimum Gasteiger partial charge on any atom is -0.491 e. The van der Waals surface area contributed by atoms with E-state index in [0.29, 0.717) is 17.2 Å². The van der Waals surface area contributed by atoms with Crippen LogP contribution in [-0.4, -0.2) is 38.2 Å². The van der Waals surface area contributed by atoms with E-state index >= 15 is 0 Å². The molecule has 0 spiro atoms. The summed E-state index contributed by atoms with van der Waals surface area (Å²) in [6.45, 7) is 0.286. The number of methoxy groups -OCH3 is 1. The summed E-state index contributed by atoms with van der Waals surface area (Å²) in [7, 11) is 1.42. The number of esters is 1. The highest BCUT2D eigenvalue weighted by Crippen LogP contribution is 2.55. The van der Waals surface area contributed by atoms with Gasteiger partial charge in [0.25, 0.3) is 0 Å². The van der Waals surface area contributed by atoms with Gasteiger partial charge in [-0.05, 0) is 34.9 Å². The van der Waals surface area contributed by atoms with Crippen LogP contribution in [0.3, 0.4) is 0 Å². The van der Waals surface area contributed by atoms with Crippen LogP contribution in [-0.2, 0) is 9.53 Å². The highest BCUT2D eigenvalue weighted by Gasteiger charge is 2.48. The Morgan fingerprint density at radius 2 is 1.62 bits per heavy atom. The predicted octanol–water partition coefficient (Wildman–Crippen LogP) is 3.85. The molecule has 1 heterocycles. The normalized spacial score (nSPS) is 20.6. The molecule has 3 aromatic carbocycles. The van der Waals surface area contributed by atoms with Gasteiger partial charge in [-0.15, -0.1) is 0 Å². The van der Waals surface area contributed by atoms with Crippen LogP contribution in [0.5, 0.6) is 17.2 Å². The molecule has 0 aromatic heterocycles. The van der Waals surface area contributed by atoms with Gasteiger partial charge in [-0.3, -0.25) is 4.79 Å². The Balaban J connectivity index is 1.67. The lowest BCUT2D eigenvalue weighted by atomic mass is 9.79. The molecular formula is C26H24O6. The number of aliphatic hydroxyl groups is 1. The van der Waals surface area contributed by atoms with Gasteiger partial charge in [-0.1, -0.05) is 48.5 Å². The molecule has 164 valence electrons. The van der Waals surface area contributed by atoms with Crippen LogP contribution in [0.25, 0.3) is 0 Å². The highest BCUT2D eigenvalue weighted by atomic mass is 16.7. The van der Waals surface area contributed by atoms with E-state index in [9.17, 15) is 9.90 Å². The van der Waals surface area contributed by atoms with Crippen molar-refractivity contribution in [2.75, 3.05) is 27.1 Å². The average Bonchev–Trinajstić information content (AvgIpc) is 3.44. The van der Waals surface area contributed by atoms with Crippen molar-refractivity contribution in [3.05, 3.63) is 89.0 Å². The number of rotatable bonds is 6. The molecule has 32 heavy (non-hydrogen) atoms. The molecule has 3 aromatic rings. The third kappa shape index (κ3) is 3.37. The molecule has 1 aliphatic heterocycles. The van der Waals surface area contributed by atoms with Gasteiger partial charge in [-0.25, -0.2) is 0 Å². The van der Waals surface area contributed by atoms with Crippen molar-refractivity contribution in [1.29, 1.82) is 0 Å². The molecule has 1 aliphatic carbocycles. The molecule has 6 nitrogen and oxygen atoms in total. The van der Waals surface area contributed by atoms with Crippen LogP contribution in [0, 0.1) is 5.92 Å². The van der Waals surface area contributed by atoms with Crippen molar-refractivity contribution in [3.8, 4) is 17.2 Å². The maximum atomic E-state index is 13.3. The summed E-state index contributed by atoms with van der Waals surface area (Å²) in [6, 6.07) is 21.6. The number of ether oxygens (including phenoxy) is 4. The average molecular weight is 432 g/mol. The summed E-state index contributed by atoms with van der Waals surface area (Å²) < 4.78 is 22.2. The first-order valence-corrected chi connectivity index (χ1v) is 10.6. The van der Waals surface area contributed by atoms with Gasteiger partial charge in [0.2, 0.25) is 6.79 Å². The minimum absolute atomic E-state index is 0.0875. The van der Waals surface area contributed by atoms with Crippen LogP contribution in [0.1, 0.15) is 34.1 Å². The number of fused-ring (bicyclic) bond motifs is 2. The van der Waals surface area contributed by atoms with E-state index in [1.807, 2.05) is 54.6 Å².